The number of pyridine rings is 1. The molecule has 0 fully saturated rings. The van der Waals surface area contributed by atoms with E-state index in [0.29, 0.717) is 18.7 Å². The minimum Gasteiger partial charge on any atom is -0.462 e. The number of imidazole rings is 1. The van der Waals surface area contributed by atoms with Gasteiger partial charge in [-0.1, -0.05) is 60.3 Å². The number of carbonyl (C=O) groups excluding carboxylic acids is 1. The normalized spacial score (nSPS) is 11.2. The van der Waals surface area contributed by atoms with Crippen molar-refractivity contribution in [3.8, 4) is 0 Å². The molecule has 5 nitrogen and oxygen atoms in total. The highest BCUT2D eigenvalue weighted by molar-refractivity contribution is 7.98. The van der Waals surface area contributed by atoms with E-state index in [1.807, 2.05) is 30.3 Å². The number of fused-ring (bicyclic) bond motifs is 2. The number of hydrogen-bond donors (Lipinski definition) is 0. The van der Waals surface area contributed by atoms with Gasteiger partial charge in [-0.15, -0.1) is 0 Å². The molecule has 164 valence electrons. The Labute approximate surface area is 196 Å². The molecule has 6 heteroatoms. The molecule has 5 rings (SSSR count). The number of hydrogen-bond acceptors (Lipinski definition) is 5. The van der Waals surface area contributed by atoms with Gasteiger partial charge in [-0.25, -0.2) is 9.78 Å². The Morgan fingerprint density at radius 3 is 2.70 bits per heavy atom. The molecule has 0 saturated heterocycles. The first-order valence-corrected chi connectivity index (χ1v) is 11.9. The quantitative estimate of drug-likeness (QED) is 0.220. The Morgan fingerprint density at radius 1 is 1.00 bits per heavy atom. The summed E-state index contributed by atoms with van der Waals surface area (Å²) in [6, 6.07) is 26.3. The summed E-state index contributed by atoms with van der Waals surface area (Å²) in [4.78, 5) is 21.6. The molecular formula is C27H23N3O2S. The fraction of sp³-hybridized carbons (Fsp3) is 0.148. The molecule has 0 aliphatic carbocycles. The van der Waals surface area contributed by atoms with Crippen LogP contribution in [0.25, 0.3) is 21.8 Å². The summed E-state index contributed by atoms with van der Waals surface area (Å²) in [6.45, 7) is 2.76. The lowest BCUT2D eigenvalue weighted by atomic mass is 10.1. The highest BCUT2D eigenvalue weighted by atomic mass is 32.2. The van der Waals surface area contributed by atoms with Crippen molar-refractivity contribution in [1.29, 1.82) is 0 Å². The van der Waals surface area contributed by atoms with Crippen LogP contribution < -0.4 is 0 Å². The van der Waals surface area contributed by atoms with E-state index in [1.165, 1.54) is 16.3 Å². The van der Waals surface area contributed by atoms with Crippen molar-refractivity contribution in [1.82, 2.24) is 14.5 Å². The first kappa shape index (κ1) is 21.2. The van der Waals surface area contributed by atoms with E-state index < -0.39 is 0 Å². The van der Waals surface area contributed by atoms with Crippen molar-refractivity contribution in [2.24, 2.45) is 0 Å². The molecule has 5 aromatic rings. The van der Waals surface area contributed by atoms with Gasteiger partial charge >= 0.3 is 5.97 Å². The van der Waals surface area contributed by atoms with E-state index in [2.05, 4.69) is 52.0 Å². The highest BCUT2D eigenvalue weighted by Gasteiger charge is 2.16. The average Bonchev–Trinajstić information content (AvgIpc) is 3.20. The maximum Gasteiger partial charge on any atom is 0.338 e. The van der Waals surface area contributed by atoms with Gasteiger partial charge in [0.25, 0.3) is 0 Å². The van der Waals surface area contributed by atoms with Crippen molar-refractivity contribution in [3.05, 3.63) is 102 Å². The summed E-state index contributed by atoms with van der Waals surface area (Å²) in [7, 11) is 0. The Balaban J connectivity index is 1.52. The van der Waals surface area contributed by atoms with Crippen LogP contribution in [0.3, 0.4) is 0 Å². The SMILES string of the molecule is CCOC(=O)c1ccc2c(c1)nc(SCc1cccc3ccccc13)n2Cc1ccccn1. The van der Waals surface area contributed by atoms with Gasteiger partial charge in [0.1, 0.15) is 0 Å². The first-order valence-electron chi connectivity index (χ1n) is 10.9. The third kappa shape index (κ3) is 4.47. The fourth-order valence-electron chi connectivity index (χ4n) is 3.93. The number of benzene rings is 3. The average molecular weight is 454 g/mol. The van der Waals surface area contributed by atoms with E-state index in [0.717, 1.165) is 27.6 Å². The topological polar surface area (TPSA) is 57.0 Å². The molecule has 0 N–H and O–H groups in total. The molecule has 0 bridgehead atoms. The number of thioether (sulfide) groups is 1. The molecule has 0 spiro atoms. The number of esters is 1. The van der Waals surface area contributed by atoms with Gasteiger partial charge in [0, 0.05) is 11.9 Å². The van der Waals surface area contributed by atoms with Crippen LogP contribution in [0.2, 0.25) is 0 Å². The van der Waals surface area contributed by atoms with E-state index in [-0.39, 0.29) is 5.97 Å². The van der Waals surface area contributed by atoms with Crippen LogP contribution in [0, 0.1) is 0 Å². The van der Waals surface area contributed by atoms with Crippen molar-refractivity contribution in [2.75, 3.05) is 6.61 Å². The number of ether oxygens (including phenoxy) is 1. The van der Waals surface area contributed by atoms with Gasteiger partial charge in [-0.3, -0.25) is 4.98 Å². The zero-order valence-corrected chi connectivity index (χ0v) is 19.1. The lowest BCUT2D eigenvalue weighted by Gasteiger charge is -2.10. The Kier molecular flexibility index (Phi) is 6.09. The molecule has 3 aromatic carbocycles. The van der Waals surface area contributed by atoms with Crippen LogP contribution in [-0.4, -0.2) is 27.1 Å². The summed E-state index contributed by atoms with van der Waals surface area (Å²) in [5.41, 5.74) is 4.48. The standard InChI is InChI=1S/C27H23N3O2S/c1-2-32-26(31)20-13-14-25-24(16-20)29-27(30(25)17-22-11-5-6-15-28-22)33-18-21-10-7-9-19-8-3-4-12-23(19)21/h3-16H,2,17-18H2,1H3. The molecule has 0 amide bonds. The van der Waals surface area contributed by atoms with Crippen molar-refractivity contribution in [2.45, 2.75) is 24.4 Å². The third-order valence-electron chi connectivity index (χ3n) is 5.51. The molecule has 2 aromatic heterocycles. The largest absolute Gasteiger partial charge is 0.462 e. The zero-order valence-electron chi connectivity index (χ0n) is 18.3. The van der Waals surface area contributed by atoms with Crippen LogP contribution >= 0.6 is 11.8 Å². The number of rotatable bonds is 7. The van der Waals surface area contributed by atoms with E-state index in [1.54, 1.807) is 30.9 Å². The van der Waals surface area contributed by atoms with Crippen LogP contribution in [-0.2, 0) is 17.0 Å². The van der Waals surface area contributed by atoms with Crippen molar-refractivity contribution < 1.29 is 9.53 Å². The summed E-state index contributed by atoms with van der Waals surface area (Å²) in [5.74, 6) is 0.459. The summed E-state index contributed by atoms with van der Waals surface area (Å²) < 4.78 is 7.34. The third-order valence-corrected chi connectivity index (χ3v) is 6.53. The Hall–Kier alpha value is -3.64. The summed E-state index contributed by atoms with van der Waals surface area (Å²) in [6.07, 6.45) is 1.80. The van der Waals surface area contributed by atoms with Gasteiger partial charge in [0.15, 0.2) is 5.16 Å². The zero-order chi connectivity index (χ0) is 22.6. The molecule has 0 aliphatic rings. The van der Waals surface area contributed by atoms with Crippen LogP contribution in [0.5, 0.6) is 0 Å². The lowest BCUT2D eigenvalue weighted by Crippen LogP contribution is -2.05. The predicted octanol–water partition coefficient (Wildman–Crippen LogP) is 6.10. The van der Waals surface area contributed by atoms with Crippen LogP contribution in [0.4, 0.5) is 0 Å². The van der Waals surface area contributed by atoms with E-state index >= 15 is 0 Å². The monoisotopic (exact) mass is 453 g/mol. The molecule has 0 atom stereocenters. The maximum absolute atomic E-state index is 12.2. The van der Waals surface area contributed by atoms with Crippen LogP contribution in [0.1, 0.15) is 28.5 Å². The van der Waals surface area contributed by atoms with E-state index in [9.17, 15) is 4.79 Å². The van der Waals surface area contributed by atoms with Gasteiger partial charge in [-0.05, 0) is 53.6 Å². The summed E-state index contributed by atoms with van der Waals surface area (Å²) >= 11 is 1.69. The number of carbonyl (C=O) groups is 1. The molecular weight excluding hydrogens is 430 g/mol. The highest BCUT2D eigenvalue weighted by Crippen LogP contribution is 2.30. The minimum atomic E-state index is -0.330. The summed E-state index contributed by atoms with van der Waals surface area (Å²) in [5, 5.41) is 3.38. The lowest BCUT2D eigenvalue weighted by molar-refractivity contribution is 0.0526. The molecule has 33 heavy (non-hydrogen) atoms. The maximum atomic E-state index is 12.2. The number of nitrogens with zero attached hydrogens (tertiary/aromatic N) is 3. The molecule has 0 saturated carbocycles. The van der Waals surface area contributed by atoms with E-state index in [4.69, 9.17) is 9.72 Å². The molecule has 0 unspecified atom stereocenters. The Bertz CT molecular complexity index is 1420. The Morgan fingerprint density at radius 2 is 1.85 bits per heavy atom. The van der Waals surface area contributed by atoms with Gasteiger partial charge in [0.05, 0.1) is 35.4 Å². The first-order chi connectivity index (χ1) is 16.2. The van der Waals surface area contributed by atoms with Crippen molar-refractivity contribution >= 4 is 39.5 Å². The second kappa shape index (κ2) is 9.46. The van der Waals surface area contributed by atoms with Gasteiger partial charge in [0.2, 0.25) is 0 Å². The molecule has 2 heterocycles. The fourth-order valence-corrected chi connectivity index (χ4v) is 4.94. The van der Waals surface area contributed by atoms with Gasteiger partial charge in [-0.2, -0.15) is 0 Å². The molecule has 0 radical (unpaired) electrons. The minimum absolute atomic E-state index is 0.330. The second-order valence-corrected chi connectivity index (χ2v) is 8.60. The van der Waals surface area contributed by atoms with Gasteiger partial charge < -0.3 is 9.30 Å². The second-order valence-electron chi connectivity index (χ2n) is 7.65. The predicted molar refractivity (Wildman–Crippen MR) is 133 cm³/mol. The number of aromatic nitrogens is 3. The van der Waals surface area contributed by atoms with Crippen LogP contribution in [0.15, 0.2) is 90.2 Å². The van der Waals surface area contributed by atoms with Crippen molar-refractivity contribution in [3.63, 3.8) is 0 Å². The smallest absolute Gasteiger partial charge is 0.338 e. The molecule has 0 aliphatic heterocycles.